The Kier molecular flexibility index (Phi) is 6.92. The van der Waals surface area contributed by atoms with Gasteiger partial charge in [-0.2, -0.15) is 0 Å². The topological polar surface area (TPSA) is 82.9 Å². The Bertz CT molecular complexity index is 1190. The molecule has 1 unspecified atom stereocenters. The third kappa shape index (κ3) is 5.07. The summed E-state index contributed by atoms with van der Waals surface area (Å²) < 4.78 is 23.5. The molecular weight excluding hydrogens is 418 g/mol. The number of aryl methyl sites for hydroxylation is 2. The number of fused-ring (bicyclic) bond motifs is 1. The molecule has 0 spiro atoms. The lowest BCUT2D eigenvalue weighted by atomic mass is 10.1. The SMILES string of the molecule is CCc1cc2ccc(C)cc2nc1SCC(=O)N=C1C=CC(=S(=O)(O)N(C)C)C=C1. The van der Waals surface area contributed by atoms with Crippen molar-refractivity contribution in [1.82, 2.24) is 9.29 Å². The van der Waals surface area contributed by atoms with Crippen molar-refractivity contribution in [2.45, 2.75) is 25.3 Å². The van der Waals surface area contributed by atoms with E-state index in [0.29, 0.717) is 5.71 Å². The van der Waals surface area contributed by atoms with Gasteiger partial charge in [-0.1, -0.05) is 30.8 Å². The number of benzene rings is 1. The maximum atomic E-state index is 12.4. The van der Waals surface area contributed by atoms with Crippen LogP contribution in [0.25, 0.3) is 10.9 Å². The average molecular weight is 444 g/mol. The minimum atomic E-state index is -3.25. The smallest absolute Gasteiger partial charge is 0.256 e. The van der Waals surface area contributed by atoms with Crippen LogP contribution in [-0.4, -0.2) is 54.4 Å². The Labute approximate surface area is 181 Å². The van der Waals surface area contributed by atoms with Crippen molar-refractivity contribution >= 4 is 49.1 Å². The quantitative estimate of drug-likeness (QED) is 0.563. The van der Waals surface area contributed by atoms with E-state index in [1.54, 1.807) is 12.2 Å². The van der Waals surface area contributed by atoms with Gasteiger partial charge in [0.1, 0.15) is 5.03 Å². The summed E-state index contributed by atoms with van der Waals surface area (Å²) in [5.74, 6) is -0.105. The molecule has 0 aliphatic heterocycles. The van der Waals surface area contributed by atoms with Crippen LogP contribution in [0, 0.1) is 6.92 Å². The molecule has 6 nitrogen and oxygen atoms in total. The summed E-state index contributed by atoms with van der Waals surface area (Å²) in [6.07, 6.45) is 7.02. The van der Waals surface area contributed by atoms with Crippen LogP contribution in [0.4, 0.5) is 0 Å². The first-order valence-electron chi connectivity index (χ1n) is 9.52. The molecule has 8 heteroatoms. The maximum Gasteiger partial charge on any atom is 0.256 e. The Morgan fingerprint density at radius 2 is 1.90 bits per heavy atom. The third-order valence-electron chi connectivity index (χ3n) is 4.62. The second-order valence-electron chi connectivity index (χ2n) is 7.10. The van der Waals surface area contributed by atoms with Gasteiger partial charge in [-0.15, -0.1) is 0 Å². The normalized spacial score (nSPS) is 15.7. The van der Waals surface area contributed by atoms with Crippen molar-refractivity contribution in [1.29, 1.82) is 0 Å². The molecule has 30 heavy (non-hydrogen) atoms. The molecule has 0 radical (unpaired) electrons. The van der Waals surface area contributed by atoms with Crippen LogP contribution < -0.4 is 0 Å². The zero-order valence-corrected chi connectivity index (χ0v) is 19.1. The summed E-state index contributed by atoms with van der Waals surface area (Å²) >= 11 is 1.38. The third-order valence-corrected chi connectivity index (χ3v) is 7.51. The van der Waals surface area contributed by atoms with Crippen molar-refractivity contribution < 1.29 is 13.6 Å². The van der Waals surface area contributed by atoms with Crippen molar-refractivity contribution in [2.24, 2.45) is 4.99 Å². The second kappa shape index (κ2) is 9.26. The highest BCUT2D eigenvalue weighted by molar-refractivity contribution is 8.00. The Balaban J connectivity index is 1.74. The van der Waals surface area contributed by atoms with Gasteiger partial charge >= 0.3 is 0 Å². The first-order chi connectivity index (χ1) is 14.2. The van der Waals surface area contributed by atoms with Crippen LogP contribution in [0.2, 0.25) is 0 Å². The summed E-state index contributed by atoms with van der Waals surface area (Å²) in [6.45, 7) is 4.10. The molecule has 3 rings (SSSR count). The average Bonchev–Trinajstić information content (AvgIpc) is 2.71. The van der Waals surface area contributed by atoms with Crippen LogP contribution in [-0.2, 0) is 21.2 Å². The molecule has 1 amide bonds. The first-order valence-corrected chi connectivity index (χ1v) is 12.0. The summed E-state index contributed by atoms with van der Waals surface area (Å²) in [7, 11) is -0.181. The number of carbonyl (C=O) groups excluding carboxylic acids is 1. The van der Waals surface area contributed by atoms with E-state index >= 15 is 0 Å². The number of amides is 1. The Morgan fingerprint density at radius 1 is 1.20 bits per heavy atom. The fourth-order valence-electron chi connectivity index (χ4n) is 2.90. The summed E-state index contributed by atoms with van der Waals surface area (Å²) in [4.78, 5) is 21.5. The van der Waals surface area contributed by atoms with Gasteiger partial charge in [0.25, 0.3) is 5.91 Å². The van der Waals surface area contributed by atoms with E-state index in [9.17, 15) is 13.6 Å². The van der Waals surface area contributed by atoms with Crippen molar-refractivity contribution in [2.75, 3.05) is 19.8 Å². The molecule has 158 valence electrons. The highest BCUT2D eigenvalue weighted by atomic mass is 32.2. The van der Waals surface area contributed by atoms with Crippen molar-refractivity contribution in [3.8, 4) is 0 Å². The molecular formula is C22H25N3O3S2. The number of pyridine rings is 1. The van der Waals surface area contributed by atoms with E-state index in [2.05, 4.69) is 30.1 Å². The molecule has 0 saturated heterocycles. The van der Waals surface area contributed by atoms with Gasteiger partial charge < -0.3 is 4.55 Å². The predicted molar refractivity (Wildman–Crippen MR) is 127 cm³/mol. The van der Waals surface area contributed by atoms with Crippen LogP contribution >= 0.6 is 11.8 Å². The van der Waals surface area contributed by atoms with Gasteiger partial charge in [0, 0.05) is 19.5 Å². The minimum Gasteiger partial charge on any atom is -0.302 e. The molecule has 1 N–H and O–H groups in total. The highest BCUT2D eigenvalue weighted by Gasteiger charge is 2.14. The molecule has 0 fully saturated rings. The number of thioether (sulfide) groups is 1. The standard InChI is InChI=1S/C22H25N3O3S2/c1-5-16-13-17-7-6-15(2)12-20(17)24-22(16)29-14-21(26)23-18-8-10-19(11-9-18)30(27,28)25(3)4/h6-13H,5,14H2,1-4H3,(H,27,28). The summed E-state index contributed by atoms with van der Waals surface area (Å²) in [6, 6.07) is 8.30. The van der Waals surface area contributed by atoms with E-state index in [1.165, 1.54) is 42.3 Å². The number of hydrogen-bond donors (Lipinski definition) is 1. The molecule has 2 aromatic rings. The number of carbonyl (C=O) groups is 1. The van der Waals surface area contributed by atoms with Crippen LogP contribution in [0.3, 0.4) is 0 Å². The number of aliphatic imine (C=N–C) groups is 1. The number of aromatic nitrogens is 1. The van der Waals surface area contributed by atoms with E-state index < -0.39 is 9.99 Å². The lowest BCUT2D eigenvalue weighted by Gasteiger charge is -2.15. The maximum absolute atomic E-state index is 12.4. The molecule has 0 saturated carbocycles. The first kappa shape index (κ1) is 22.4. The molecule has 1 aliphatic rings. The monoisotopic (exact) mass is 443 g/mol. The van der Waals surface area contributed by atoms with Crippen LogP contribution in [0.15, 0.2) is 58.6 Å². The zero-order chi connectivity index (χ0) is 21.9. The van der Waals surface area contributed by atoms with Gasteiger partial charge in [-0.05, 0) is 60.9 Å². The Morgan fingerprint density at radius 3 is 2.53 bits per heavy atom. The van der Waals surface area contributed by atoms with E-state index in [-0.39, 0.29) is 16.5 Å². The van der Waals surface area contributed by atoms with E-state index in [1.807, 2.05) is 13.0 Å². The second-order valence-corrected chi connectivity index (χ2v) is 10.3. The van der Waals surface area contributed by atoms with Crippen molar-refractivity contribution in [3.05, 3.63) is 59.7 Å². The van der Waals surface area contributed by atoms with Crippen molar-refractivity contribution in [3.63, 3.8) is 0 Å². The zero-order valence-electron chi connectivity index (χ0n) is 17.5. The highest BCUT2D eigenvalue weighted by Crippen LogP contribution is 2.26. The number of nitrogens with zero attached hydrogens (tertiary/aromatic N) is 3. The van der Waals surface area contributed by atoms with E-state index in [0.717, 1.165) is 33.5 Å². The predicted octanol–water partition coefficient (Wildman–Crippen LogP) is 3.70. The summed E-state index contributed by atoms with van der Waals surface area (Å²) in [5, 5.41) is 1.94. The van der Waals surface area contributed by atoms with Crippen LogP contribution in [0.1, 0.15) is 18.1 Å². The van der Waals surface area contributed by atoms with Gasteiger partial charge in [-0.3, -0.25) is 4.79 Å². The fraction of sp³-hybridized carbons (Fsp3) is 0.273. The fourth-order valence-corrected chi connectivity index (χ4v) is 4.69. The Hall–Kier alpha value is -2.26. The molecule has 1 aliphatic carbocycles. The van der Waals surface area contributed by atoms with Gasteiger partial charge in [-0.25, -0.2) is 18.5 Å². The van der Waals surface area contributed by atoms with Gasteiger partial charge in [0.05, 0.1) is 21.8 Å². The molecule has 1 atom stereocenters. The van der Waals surface area contributed by atoms with Gasteiger partial charge in [0.2, 0.25) is 0 Å². The molecule has 1 heterocycles. The summed E-state index contributed by atoms with van der Waals surface area (Å²) in [5.41, 5.74) is 3.62. The number of hydrogen-bond acceptors (Lipinski definition) is 4. The van der Waals surface area contributed by atoms with E-state index in [4.69, 9.17) is 4.98 Å². The molecule has 1 aromatic heterocycles. The minimum absolute atomic E-state index is 0.174. The lowest BCUT2D eigenvalue weighted by molar-refractivity contribution is -0.115. The van der Waals surface area contributed by atoms with Gasteiger partial charge in [0.15, 0.2) is 9.99 Å². The number of allylic oxidation sites excluding steroid dienone is 4. The largest absolute Gasteiger partial charge is 0.302 e. The molecule has 1 aromatic carbocycles. The number of rotatable bonds is 5. The molecule has 0 bridgehead atoms. The van der Waals surface area contributed by atoms with Crippen LogP contribution in [0.5, 0.6) is 0 Å². The lowest BCUT2D eigenvalue weighted by Crippen LogP contribution is -2.27.